The Kier molecular flexibility index (Phi) is 4.68. The Bertz CT molecular complexity index is 1560. The number of hydrogen-bond acceptors (Lipinski definition) is 4. The summed E-state index contributed by atoms with van der Waals surface area (Å²) in [5.74, 6) is 0. The van der Waals surface area contributed by atoms with Gasteiger partial charge in [-0.1, -0.05) is 25.1 Å². The summed E-state index contributed by atoms with van der Waals surface area (Å²) >= 11 is 0. The molecule has 6 nitrogen and oxygen atoms in total. The first-order chi connectivity index (χ1) is 16.3. The van der Waals surface area contributed by atoms with Gasteiger partial charge in [0, 0.05) is 40.2 Å². The lowest BCUT2D eigenvalue weighted by Gasteiger charge is -2.04. The van der Waals surface area contributed by atoms with E-state index in [0.29, 0.717) is 0 Å². The van der Waals surface area contributed by atoms with Crippen LogP contribution in [0.25, 0.3) is 55.4 Å². The summed E-state index contributed by atoms with van der Waals surface area (Å²) in [4.78, 5) is 7.89. The highest BCUT2D eigenvalue weighted by molar-refractivity contribution is 6.01. The molecule has 4 heterocycles. The van der Waals surface area contributed by atoms with Gasteiger partial charge < -0.3 is 14.7 Å². The van der Waals surface area contributed by atoms with Crippen LogP contribution >= 0.6 is 0 Å². The van der Waals surface area contributed by atoms with Gasteiger partial charge in [-0.2, -0.15) is 5.10 Å². The fourth-order valence-corrected chi connectivity index (χ4v) is 4.22. The first-order valence-electron chi connectivity index (χ1n) is 10.9. The van der Waals surface area contributed by atoms with E-state index in [4.69, 9.17) is 4.42 Å². The summed E-state index contributed by atoms with van der Waals surface area (Å²) in [6, 6.07) is 20.9. The van der Waals surface area contributed by atoms with Crippen molar-refractivity contribution in [2.24, 2.45) is 0 Å². The molecule has 0 bridgehead atoms. The standard InChI is InChI=1S/C27H21N5O/c1-2-28-13-17-4-3-5-18(10-17)19-6-7-24-22(11-19)27(32-31-24)25-12-21-23(20-8-9-33-16-20)14-29-15-26(21)30-25/h5-12,14-16,28,30H,2,13H2,1H3,(H,31,32). The van der Waals surface area contributed by atoms with E-state index < -0.39 is 0 Å². The Morgan fingerprint density at radius 3 is 2.85 bits per heavy atom. The van der Waals surface area contributed by atoms with E-state index >= 15 is 0 Å². The number of fused-ring (bicyclic) bond motifs is 2. The molecule has 0 radical (unpaired) electrons. The van der Waals surface area contributed by atoms with Crippen LogP contribution < -0.4 is 5.32 Å². The van der Waals surface area contributed by atoms with E-state index in [1.54, 1.807) is 12.5 Å². The number of H-pyrrole nitrogens is 2. The van der Waals surface area contributed by atoms with E-state index in [1.807, 2.05) is 24.5 Å². The molecule has 33 heavy (non-hydrogen) atoms. The number of nitrogens with one attached hydrogen (secondary N) is 3. The second-order valence-electron chi connectivity index (χ2n) is 7.99. The third-order valence-electron chi connectivity index (χ3n) is 5.88. The molecule has 6 rings (SSSR count). The van der Waals surface area contributed by atoms with Gasteiger partial charge in [-0.3, -0.25) is 10.1 Å². The summed E-state index contributed by atoms with van der Waals surface area (Å²) in [6.07, 6.45) is 7.11. The van der Waals surface area contributed by atoms with Crippen LogP contribution in [0.1, 0.15) is 12.5 Å². The van der Waals surface area contributed by atoms with Crippen molar-refractivity contribution in [1.82, 2.24) is 25.5 Å². The van der Waals surface area contributed by atoms with E-state index in [9.17, 15) is 0 Å². The average molecular weight is 431 g/mol. The third kappa shape index (κ3) is 3.45. The highest BCUT2D eigenvalue weighted by Gasteiger charge is 2.15. The van der Waals surface area contributed by atoms with Crippen LogP contribution in [0.5, 0.6) is 0 Å². The third-order valence-corrected chi connectivity index (χ3v) is 5.88. The number of hydrogen-bond donors (Lipinski definition) is 3. The molecule has 6 heteroatoms. The zero-order chi connectivity index (χ0) is 22.2. The normalized spacial score (nSPS) is 11.3. The van der Waals surface area contributed by atoms with Crippen LogP contribution in [0.15, 0.2) is 71.8 Å². The van der Waals surface area contributed by atoms with Crippen molar-refractivity contribution in [2.75, 3.05) is 6.54 Å². The maximum Gasteiger partial charge on any atom is 0.116 e. The van der Waals surface area contributed by atoms with Crippen molar-refractivity contribution >= 4 is 21.8 Å². The SMILES string of the molecule is CCNCc1c#ccc(-c2ccc3[nH]nc(-c4cc5c(-c6ccoc6)cncc5[nH]4)c3c2)c1. The van der Waals surface area contributed by atoms with Gasteiger partial charge in [-0.05, 0) is 54.1 Å². The molecule has 6 aromatic rings. The lowest BCUT2D eigenvalue weighted by atomic mass is 10.0. The van der Waals surface area contributed by atoms with Gasteiger partial charge in [0.05, 0.1) is 35.5 Å². The summed E-state index contributed by atoms with van der Waals surface area (Å²) in [6.45, 7) is 3.80. The van der Waals surface area contributed by atoms with Gasteiger partial charge >= 0.3 is 0 Å². The zero-order valence-electron chi connectivity index (χ0n) is 18.1. The van der Waals surface area contributed by atoms with Crippen molar-refractivity contribution in [1.29, 1.82) is 0 Å². The van der Waals surface area contributed by atoms with E-state index in [2.05, 4.69) is 74.9 Å². The second kappa shape index (κ2) is 7.97. The Labute approximate surface area is 190 Å². The van der Waals surface area contributed by atoms with Crippen LogP contribution in [0.2, 0.25) is 0 Å². The molecule has 160 valence electrons. The van der Waals surface area contributed by atoms with E-state index in [0.717, 1.165) is 74.1 Å². The van der Waals surface area contributed by atoms with Crippen molar-refractivity contribution in [3.8, 4) is 33.6 Å². The molecule has 3 N–H and O–H groups in total. The van der Waals surface area contributed by atoms with Gasteiger partial charge in [-0.15, -0.1) is 0 Å². The number of nitrogens with zero attached hydrogens (tertiary/aromatic N) is 2. The number of furan rings is 1. The van der Waals surface area contributed by atoms with Crippen LogP contribution in [-0.2, 0) is 6.54 Å². The second-order valence-corrected chi connectivity index (χ2v) is 7.99. The maximum atomic E-state index is 5.28. The zero-order valence-corrected chi connectivity index (χ0v) is 18.1. The molecule has 0 aliphatic rings. The van der Waals surface area contributed by atoms with Crippen molar-refractivity contribution < 1.29 is 4.42 Å². The Morgan fingerprint density at radius 1 is 1.00 bits per heavy atom. The van der Waals surface area contributed by atoms with Gasteiger partial charge in [-0.25, -0.2) is 0 Å². The number of aromatic nitrogens is 4. The predicted octanol–water partition coefficient (Wildman–Crippen LogP) is 5.74. The minimum Gasteiger partial charge on any atom is -0.472 e. The van der Waals surface area contributed by atoms with E-state index in [1.165, 1.54) is 0 Å². The molecule has 4 aromatic heterocycles. The molecule has 0 spiro atoms. The topological polar surface area (TPSA) is 82.5 Å². The summed E-state index contributed by atoms with van der Waals surface area (Å²) in [5.41, 5.74) is 9.09. The first kappa shape index (κ1) is 19.4. The highest BCUT2D eigenvalue weighted by atomic mass is 16.3. The Hall–Kier alpha value is -4.34. The Morgan fingerprint density at radius 2 is 1.97 bits per heavy atom. The average Bonchev–Trinajstić information content (AvgIpc) is 3.61. The van der Waals surface area contributed by atoms with Crippen molar-refractivity contribution in [3.05, 3.63) is 85.1 Å². The first-order valence-corrected chi connectivity index (χ1v) is 10.9. The molecule has 0 saturated heterocycles. The molecule has 0 amide bonds. The molecule has 0 unspecified atom stereocenters. The summed E-state index contributed by atoms with van der Waals surface area (Å²) in [7, 11) is 0. The van der Waals surface area contributed by atoms with Gasteiger partial charge in [0.1, 0.15) is 5.69 Å². The summed E-state index contributed by atoms with van der Waals surface area (Å²) < 4.78 is 5.28. The van der Waals surface area contributed by atoms with Gasteiger partial charge in [0.15, 0.2) is 0 Å². The fraction of sp³-hybridized carbons (Fsp3) is 0.111. The van der Waals surface area contributed by atoms with Gasteiger partial charge in [0.2, 0.25) is 0 Å². The van der Waals surface area contributed by atoms with Crippen LogP contribution in [0, 0.1) is 12.1 Å². The lowest BCUT2D eigenvalue weighted by Crippen LogP contribution is -2.11. The van der Waals surface area contributed by atoms with Crippen molar-refractivity contribution in [3.63, 3.8) is 0 Å². The van der Waals surface area contributed by atoms with Crippen molar-refractivity contribution in [2.45, 2.75) is 13.5 Å². The quantitative estimate of drug-likeness (QED) is 0.314. The molecular weight excluding hydrogens is 410 g/mol. The number of aromatic amines is 2. The smallest absolute Gasteiger partial charge is 0.116 e. The molecule has 0 fully saturated rings. The summed E-state index contributed by atoms with van der Waals surface area (Å²) in [5, 5.41) is 13.3. The molecular formula is C27H21N5O. The number of rotatable bonds is 6. The predicted molar refractivity (Wildman–Crippen MR) is 129 cm³/mol. The minimum absolute atomic E-state index is 0.780. The Balaban J connectivity index is 1.44. The largest absolute Gasteiger partial charge is 0.472 e. The number of benzene rings is 1. The monoisotopic (exact) mass is 431 g/mol. The molecule has 2 aromatic carbocycles. The number of pyridine rings is 1. The van der Waals surface area contributed by atoms with Crippen LogP contribution in [0.3, 0.4) is 0 Å². The van der Waals surface area contributed by atoms with Crippen LogP contribution in [-0.4, -0.2) is 26.7 Å². The molecule has 0 saturated carbocycles. The molecule has 0 aliphatic heterocycles. The minimum atomic E-state index is 0.780. The highest BCUT2D eigenvalue weighted by Crippen LogP contribution is 2.34. The van der Waals surface area contributed by atoms with Gasteiger partial charge in [0.25, 0.3) is 0 Å². The van der Waals surface area contributed by atoms with Crippen LogP contribution in [0.4, 0.5) is 0 Å². The van der Waals surface area contributed by atoms with E-state index in [-0.39, 0.29) is 0 Å². The molecule has 0 aliphatic carbocycles. The maximum absolute atomic E-state index is 5.28. The fourth-order valence-electron chi connectivity index (χ4n) is 4.22. The molecule has 0 atom stereocenters. The lowest BCUT2D eigenvalue weighted by molar-refractivity contribution is 0.568.